The van der Waals surface area contributed by atoms with Crippen molar-refractivity contribution in [1.82, 2.24) is 4.72 Å². The van der Waals surface area contributed by atoms with E-state index in [0.717, 1.165) is 0 Å². The number of amides is 1. The van der Waals surface area contributed by atoms with Crippen molar-refractivity contribution in [3.05, 3.63) is 95.8 Å². The lowest BCUT2D eigenvalue weighted by molar-refractivity contribution is 0.0994. The zero-order valence-corrected chi connectivity index (χ0v) is 15.9. The summed E-state index contributed by atoms with van der Waals surface area (Å²) in [7, 11) is -3.89. The van der Waals surface area contributed by atoms with E-state index < -0.39 is 21.7 Å². The van der Waals surface area contributed by atoms with Crippen LogP contribution in [0.4, 0.5) is 10.1 Å². The third-order valence-electron chi connectivity index (χ3n) is 4.05. The molecule has 0 heterocycles. The molecule has 0 aliphatic heterocycles. The minimum absolute atomic E-state index is 0.0434. The lowest BCUT2D eigenvalue weighted by atomic mass is 10.1. The zero-order chi connectivity index (χ0) is 20.9. The van der Waals surface area contributed by atoms with Gasteiger partial charge >= 0.3 is 0 Å². The van der Waals surface area contributed by atoms with Crippen LogP contribution in [0.3, 0.4) is 0 Å². The second kappa shape index (κ2) is 8.76. The van der Waals surface area contributed by atoms with E-state index in [9.17, 15) is 22.4 Å². The molecule has 0 fully saturated rings. The number of carbonyl (C=O) groups excluding carboxylic acids is 2. The van der Waals surface area contributed by atoms with E-state index in [1.54, 1.807) is 30.3 Å². The van der Waals surface area contributed by atoms with E-state index >= 15 is 0 Å². The fourth-order valence-electron chi connectivity index (χ4n) is 2.49. The average Bonchev–Trinajstić information content (AvgIpc) is 2.73. The van der Waals surface area contributed by atoms with Gasteiger partial charge in [0.15, 0.2) is 5.78 Å². The molecular weight excluding hydrogens is 395 g/mol. The van der Waals surface area contributed by atoms with E-state index in [-0.39, 0.29) is 22.8 Å². The van der Waals surface area contributed by atoms with Crippen molar-refractivity contribution in [1.29, 1.82) is 0 Å². The molecule has 0 atom stereocenters. The lowest BCUT2D eigenvalue weighted by Gasteiger charge is -2.09. The summed E-state index contributed by atoms with van der Waals surface area (Å²) in [6.45, 7) is -0.366. The first-order chi connectivity index (χ1) is 13.8. The maximum Gasteiger partial charge on any atom is 0.255 e. The Balaban J connectivity index is 1.63. The number of nitrogens with one attached hydrogen (secondary N) is 2. The smallest absolute Gasteiger partial charge is 0.255 e. The van der Waals surface area contributed by atoms with Crippen molar-refractivity contribution >= 4 is 27.4 Å². The first kappa shape index (κ1) is 20.4. The summed E-state index contributed by atoms with van der Waals surface area (Å²) in [6, 6.07) is 18.9. The Labute approximate surface area is 167 Å². The maximum absolute atomic E-state index is 12.9. The van der Waals surface area contributed by atoms with Crippen LogP contribution in [-0.4, -0.2) is 26.7 Å². The summed E-state index contributed by atoms with van der Waals surface area (Å²) in [6.07, 6.45) is 0. The Morgan fingerprint density at radius 1 is 0.793 bits per heavy atom. The molecule has 29 heavy (non-hydrogen) atoms. The second-order valence-corrected chi connectivity index (χ2v) is 7.87. The van der Waals surface area contributed by atoms with Crippen molar-refractivity contribution in [2.75, 3.05) is 11.9 Å². The Hall–Kier alpha value is -3.36. The van der Waals surface area contributed by atoms with Crippen LogP contribution in [0.2, 0.25) is 0 Å². The van der Waals surface area contributed by atoms with Gasteiger partial charge in [0.25, 0.3) is 5.91 Å². The predicted molar refractivity (Wildman–Crippen MR) is 107 cm³/mol. The molecule has 0 bridgehead atoms. The highest BCUT2D eigenvalue weighted by Gasteiger charge is 2.16. The van der Waals surface area contributed by atoms with Crippen molar-refractivity contribution < 1.29 is 22.4 Å². The molecule has 0 saturated heterocycles. The summed E-state index contributed by atoms with van der Waals surface area (Å²) in [5, 5.41) is 2.60. The fourth-order valence-corrected chi connectivity index (χ4v) is 3.47. The molecule has 0 spiro atoms. The van der Waals surface area contributed by atoms with Crippen LogP contribution in [0.25, 0.3) is 0 Å². The van der Waals surface area contributed by atoms with E-state index in [1.807, 2.05) is 0 Å². The van der Waals surface area contributed by atoms with Gasteiger partial charge in [-0.15, -0.1) is 0 Å². The van der Waals surface area contributed by atoms with Gasteiger partial charge in [0.2, 0.25) is 10.0 Å². The topological polar surface area (TPSA) is 92.3 Å². The number of Topliss-reactive ketones (excluding diaryl/α,β-unsaturated/α-hetero) is 1. The first-order valence-corrected chi connectivity index (χ1v) is 10.1. The summed E-state index contributed by atoms with van der Waals surface area (Å²) in [4.78, 5) is 24.1. The molecule has 0 aliphatic rings. The van der Waals surface area contributed by atoms with Crippen LogP contribution in [0.5, 0.6) is 0 Å². The summed E-state index contributed by atoms with van der Waals surface area (Å²) < 4.78 is 39.9. The highest BCUT2D eigenvalue weighted by Crippen LogP contribution is 2.15. The third-order valence-corrected chi connectivity index (χ3v) is 5.46. The highest BCUT2D eigenvalue weighted by molar-refractivity contribution is 7.89. The molecule has 0 unspecified atom stereocenters. The number of anilines is 1. The quantitative estimate of drug-likeness (QED) is 0.583. The second-order valence-electron chi connectivity index (χ2n) is 6.10. The first-order valence-electron chi connectivity index (χ1n) is 8.60. The molecule has 3 rings (SSSR count). The van der Waals surface area contributed by atoms with Crippen LogP contribution >= 0.6 is 0 Å². The van der Waals surface area contributed by atoms with Gasteiger partial charge in [0.05, 0.1) is 11.4 Å². The lowest BCUT2D eigenvalue weighted by Crippen LogP contribution is -2.29. The summed E-state index contributed by atoms with van der Waals surface area (Å²) in [5.74, 6) is -1.25. The van der Waals surface area contributed by atoms with Gasteiger partial charge in [-0.2, -0.15) is 0 Å². The molecule has 0 aliphatic carbocycles. The maximum atomic E-state index is 12.9. The molecule has 3 aromatic carbocycles. The number of hydrogen-bond acceptors (Lipinski definition) is 4. The molecule has 6 nitrogen and oxygen atoms in total. The van der Waals surface area contributed by atoms with Crippen molar-refractivity contribution in [3.8, 4) is 0 Å². The van der Waals surface area contributed by atoms with Crippen LogP contribution in [0, 0.1) is 5.82 Å². The molecule has 2 N–H and O–H groups in total. The van der Waals surface area contributed by atoms with E-state index in [1.165, 1.54) is 48.5 Å². The highest BCUT2D eigenvalue weighted by atomic mass is 32.2. The van der Waals surface area contributed by atoms with Gasteiger partial charge in [-0.05, 0) is 48.5 Å². The third kappa shape index (κ3) is 5.34. The Kier molecular flexibility index (Phi) is 6.16. The van der Waals surface area contributed by atoms with Gasteiger partial charge < -0.3 is 5.32 Å². The summed E-state index contributed by atoms with van der Waals surface area (Å²) >= 11 is 0. The molecule has 8 heteroatoms. The average molecular weight is 412 g/mol. The van der Waals surface area contributed by atoms with Crippen LogP contribution in [0.15, 0.2) is 83.8 Å². The molecule has 0 radical (unpaired) electrons. The fraction of sp³-hybridized carbons (Fsp3) is 0.0476. The number of hydrogen-bond donors (Lipinski definition) is 2. The van der Waals surface area contributed by atoms with Crippen LogP contribution in [-0.2, 0) is 10.0 Å². The van der Waals surface area contributed by atoms with Gasteiger partial charge in [-0.25, -0.2) is 17.5 Å². The largest absolute Gasteiger partial charge is 0.322 e. The monoisotopic (exact) mass is 412 g/mol. The standard InChI is InChI=1S/C21H17FN2O4S/c22-17-8-6-16(7-9-17)21(26)24-18-10-12-19(13-11-18)29(27,28)23-14-20(25)15-4-2-1-3-5-15/h1-13,23H,14H2,(H,24,26). The van der Waals surface area contributed by atoms with Gasteiger partial charge in [0.1, 0.15) is 5.82 Å². The Morgan fingerprint density at radius 2 is 1.41 bits per heavy atom. The van der Waals surface area contributed by atoms with E-state index in [2.05, 4.69) is 10.0 Å². The number of ketones is 1. The number of sulfonamides is 1. The minimum Gasteiger partial charge on any atom is -0.322 e. The van der Waals surface area contributed by atoms with Gasteiger partial charge in [-0.1, -0.05) is 30.3 Å². The molecular formula is C21H17FN2O4S. The number of halogens is 1. The predicted octanol–water partition coefficient (Wildman–Crippen LogP) is 3.24. The zero-order valence-electron chi connectivity index (χ0n) is 15.1. The molecule has 0 saturated carbocycles. The molecule has 3 aromatic rings. The van der Waals surface area contributed by atoms with Gasteiger partial charge in [0, 0.05) is 16.8 Å². The van der Waals surface area contributed by atoms with E-state index in [0.29, 0.717) is 11.3 Å². The number of rotatable bonds is 7. The van der Waals surface area contributed by atoms with E-state index in [4.69, 9.17) is 0 Å². The molecule has 1 amide bonds. The van der Waals surface area contributed by atoms with Crippen molar-refractivity contribution in [2.24, 2.45) is 0 Å². The van der Waals surface area contributed by atoms with Crippen molar-refractivity contribution in [3.63, 3.8) is 0 Å². The number of carbonyl (C=O) groups is 2. The number of benzene rings is 3. The molecule has 0 aromatic heterocycles. The van der Waals surface area contributed by atoms with Crippen LogP contribution in [0.1, 0.15) is 20.7 Å². The Bertz CT molecular complexity index is 1110. The SMILES string of the molecule is O=C(CNS(=O)(=O)c1ccc(NC(=O)c2ccc(F)cc2)cc1)c1ccccc1. The normalized spacial score (nSPS) is 11.1. The molecule has 148 valence electrons. The van der Waals surface area contributed by atoms with Gasteiger partial charge in [-0.3, -0.25) is 9.59 Å². The minimum atomic E-state index is -3.89. The van der Waals surface area contributed by atoms with Crippen LogP contribution < -0.4 is 10.0 Å². The summed E-state index contributed by atoms with van der Waals surface area (Å²) in [5.41, 5.74) is 1.05. The Morgan fingerprint density at radius 3 is 2.03 bits per heavy atom. The van der Waals surface area contributed by atoms with Crippen molar-refractivity contribution in [2.45, 2.75) is 4.90 Å².